The van der Waals surface area contributed by atoms with Crippen molar-refractivity contribution in [2.75, 3.05) is 38.4 Å². The van der Waals surface area contributed by atoms with Crippen LogP contribution in [0.3, 0.4) is 0 Å². The summed E-state index contributed by atoms with van der Waals surface area (Å²) in [6.07, 6.45) is 0.442. The number of hydrogen-bond acceptors (Lipinski definition) is 6. The Hall–Kier alpha value is -1.11. The van der Waals surface area contributed by atoms with Crippen molar-refractivity contribution in [3.8, 4) is 0 Å². The zero-order chi connectivity index (χ0) is 13.5. The quantitative estimate of drug-likeness (QED) is 0.708. The van der Waals surface area contributed by atoms with Crippen LogP contribution in [0.5, 0.6) is 0 Å². The topological polar surface area (TPSA) is 73.6 Å². The second kappa shape index (κ2) is 7.35. The molecule has 102 valence electrons. The molecular weight excluding hydrogens is 252 g/mol. The molecule has 0 saturated heterocycles. The van der Waals surface area contributed by atoms with E-state index in [-0.39, 0.29) is 11.9 Å². The van der Waals surface area contributed by atoms with Crippen LogP contribution in [0.15, 0.2) is 6.07 Å². The number of nitrogens with one attached hydrogen (secondary N) is 1. The molecule has 1 aromatic rings. The molecule has 0 radical (unpaired) electrons. The lowest BCUT2D eigenvalue weighted by molar-refractivity contribution is 0.0366. The van der Waals surface area contributed by atoms with Gasteiger partial charge in [-0.1, -0.05) is 6.92 Å². The Kier molecular flexibility index (Phi) is 6.11. The highest BCUT2D eigenvalue weighted by Crippen LogP contribution is 2.30. The van der Waals surface area contributed by atoms with Crippen LogP contribution in [0.25, 0.3) is 0 Å². The Morgan fingerprint density at radius 2 is 2.28 bits per heavy atom. The number of hydrogen-bond donors (Lipinski definition) is 2. The van der Waals surface area contributed by atoms with Crippen LogP contribution < -0.4 is 11.1 Å². The molecule has 0 amide bonds. The van der Waals surface area contributed by atoms with E-state index in [0.29, 0.717) is 30.1 Å². The van der Waals surface area contributed by atoms with Gasteiger partial charge in [0.15, 0.2) is 5.78 Å². The number of carbonyl (C=O) groups is 1. The predicted molar refractivity (Wildman–Crippen MR) is 74.5 cm³/mol. The summed E-state index contributed by atoms with van der Waals surface area (Å²) in [7, 11) is 3.27. The number of rotatable bonds is 8. The highest BCUT2D eigenvalue weighted by atomic mass is 32.1. The van der Waals surface area contributed by atoms with Crippen molar-refractivity contribution in [1.82, 2.24) is 0 Å². The average Bonchev–Trinajstić information content (AvgIpc) is 2.74. The molecule has 18 heavy (non-hydrogen) atoms. The van der Waals surface area contributed by atoms with E-state index >= 15 is 0 Å². The van der Waals surface area contributed by atoms with Crippen LogP contribution >= 0.6 is 11.3 Å². The largest absolute Gasteiger partial charge is 0.397 e. The van der Waals surface area contributed by atoms with E-state index in [4.69, 9.17) is 15.2 Å². The molecule has 0 aliphatic carbocycles. The number of nitrogens with two attached hydrogens (primary N) is 1. The molecule has 1 aromatic heterocycles. The van der Waals surface area contributed by atoms with Gasteiger partial charge in [-0.3, -0.25) is 4.79 Å². The van der Waals surface area contributed by atoms with Gasteiger partial charge in [-0.2, -0.15) is 0 Å². The Morgan fingerprint density at radius 1 is 1.56 bits per heavy atom. The first-order chi connectivity index (χ1) is 8.62. The summed E-state index contributed by atoms with van der Waals surface area (Å²) in [6, 6.07) is 1.78. The van der Waals surface area contributed by atoms with Gasteiger partial charge in [0.1, 0.15) is 0 Å². The van der Waals surface area contributed by atoms with Crippen molar-refractivity contribution in [2.24, 2.45) is 0 Å². The van der Waals surface area contributed by atoms with E-state index in [0.717, 1.165) is 5.00 Å². The van der Waals surface area contributed by atoms with Crippen molar-refractivity contribution in [1.29, 1.82) is 0 Å². The Morgan fingerprint density at radius 3 is 2.83 bits per heavy atom. The van der Waals surface area contributed by atoms with E-state index in [2.05, 4.69) is 5.32 Å². The van der Waals surface area contributed by atoms with Gasteiger partial charge in [0.05, 0.1) is 28.3 Å². The smallest absolute Gasteiger partial charge is 0.174 e. The van der Waals surface area contributed by atoms with Gasteiger partial charge < -0.3 is 20.5 Å². The van der Waals surface area contributed by atoms with Gasteiger partial charge in [0, 0.05) is 27.2 Å². The van der Waals surface area contributed by atoms with Gasteiger partial charge in [0.2, 0.25) is 0 Å². The van der Waals surface area contributed by atoms with Crippen molar-refractivity contribution in [2.45, 2.75) is 19.4 Å². The minimum atomic E-state index is -0.0244. The highest BCUT2D eigenvalue weighted by molar-refractivity contribution is 7.18. The SMILES string of the molecule is CCC(=O)c1sc(NCC(COC)OC)cc1N. The van der Waals surface area contributed by atoms with Crippen LogP contribution in [0.2, 0.25) is 0 Å². The summed E-state index contributed by atoms with van der Waals surface area (Å²) in [6.45, 7) is 2.96. The summed E-state index contributed by atoms with van der Waals surface area (Å²) in [5.41, 5.74) is 6.35. The molecule has 1 unspecified atom stereocenters. The Bertz CT molecular complexity index is 393. The normalized spacial score (nSPS) is 12.4. The third-order valence-electron chi connectivity index (χ3n) is 2.53. The number of thiophene rings is 1. The van der Waals surface area contributed by atoms with E-state index in [1.54, 1.807) is 20.3 Å². The second-order valence-corrected chi connectivity index (χ2v) is 4.92. The van der Waals surface area contributed by atoms with E-state index in [9.17, 15) is 4.79 Å². The minimum absolute atomic E-state index is 0.0244. The monoisotopic (exact) mass is 272 g/mol. The first kappa shape index (κ1) is 14.9. The third kappa shape index (κ3) is 3.97. The molecule has 0 spiro atoms. The lowest BCUT2D eigenvalue weighted by Gasteiger charge is -2.14. The lowest BCUT2D eigenvalue weighted by atomic mass is 10.2. The van der Waals surface area contributed by atoms with Gasteiger partial charge in [-0.25, -0.2) is 0 Å². The van der Waals surface area contributed by atoms with Gasteiger partial charge >= 0.3 is 0 Å². The maximum absolute atomic E-state index is 11.6. The maximum atomic E-state index is 11.6. The number of Topliss-reactive ketones (excluding diaryl/α,β-unsaturated/α-hetero) is 1. The predicted octanol–water partition coefficient (Wildman–Crippen LogP) is 2.00. The van der Waals surface area contributed by atoms with Gasteiger partial charge in [0.25, 0.3) is 0 Å². The summed E-state index contributed by atoms with van der Waals surface area (Å²) in [5, 5.41) is 4.08. The van der Waals surface area contributed by atoms with Gasteiger partial charge in [-0.05, 0) is 6.07 Å². The molecular formula is C12H20N2O3S. The second-order valence-electron chi connectivity index (χ2n) is 3.87. The average molecular weight is 272 g/mol. The van der Waals surface area contributed by atoms with Crippen molar-refractivity contribution < 1.29 is 14.3 Å². The van der Waals surface area contributed by atoms with E-state index in [1.165, 1.54) is 11.3 Å². The molecule has 0 bridgehead atoms. The zero-order valence-corrected chi connectivity index (χ0v) is 11.8. The first-order valence-electron chi connectivity index (χ1n) is 5.80. The van der Waals surface area contributed by atoms with Crippen LogP contribution in [-0.2, 0) is 9.47 Å². The first-order valence-corrected chi connectivity index (χ1v) is 6.62. The van der Waals surface area contributed by atoms with Crippen LogP contribution in [0.1, 0.15) is 23.0 Å². The van der Waals surface area contributed by atoms with Crippen molar-refractivity contribution in [3.05, 3.63) is 10.9 Å². The standard InChI is InChI=1S/C12H20N2O3S/c1-4-10(15)12-9(13)5-11(18-12)14-6-8(17-3)7-16-2/h5,8,14H,4,6-7,13H2,1-3H3. The van der Waals surface area contributed by atoms with Crippen molar-refractivity contribution in [3.63, 3.8) is 0 Å². The summed E-state index contributed by atoms with van der Waals surface area (Å²) in [5.74, 6) is 0.0748. The summed E-state index contributed by atoms with van der Waals surface area (Å²) >= 11 is 1.38. The Balaban J connectivity index is 2.60. The zero-order valence-electron chi connectivity index (χ0n) is 11.0. The van der Waals surface area contributed by atoms with Gasteiger partial charge in [-0.15, -0.1) is 11.3 Å². The van der Waals surface area contributed by atoms with Crippen LogP contribution in [0, 0.1) is 0 Å². The fraction of sp³-hybridized carbons (Fsp3) is 0.583. The molecule has 0 aromatic carbocycles. The fourth-order valence-corrected chi connectivity index (χ4v) is 2.48. The number of carbonyl (C=O) groups excluding carboxylic acids is 1. The molecule has 0 fully saturated rings. The molecule has 1 rings (SSSR count). The molecule has 0 saturated carbocycles. The summed E-state index contributed by atoms with van der Waals surface area (Å²) < 4.78 is 10.3. The van der Waals surface area contributed by atoms with E-state index in [1.807, 2.05) is 6.92 Å². The van der Waals surface area contributed by atoms with E-state index < -0.39 is 0 Å². The fourth-order valence-electron chi connectivity index (χ4n) is 1.48. The molecule has 0 aliphatic rings. The molecule has 1 atom stereocenters. The number of methoxy groups -OCH3 is 2. The highest BCUT2D eigenvalue weighted by Gasteiger charge is 2.13. The molecule has 3 N–H and O–H groups in total. The van der Waals surface area contributed by atoms with Crippen LogP contribution in [0.4, 0.5) is 10.7 Å². The third-order valence-corrected chi connectivity index (χ3v) is 3.67. The number of nitrogen functional groups attached to an aromatic ring is 1. The number of anilines is 2. The van der Waals surface area contributed by atoms with Crippen molar-refractivity contribution >= 4 is 27.8 Å². The molecule has 0 aliphatic heterocycles. The van der Waals surface area contributed by atoms with Crippen LogP contribution in [-0.4, -0.2) is 39.3 Å². The molecule has 5 nitrogen and oxygen atoms in total. The molecule has 6 heteroatoms. The molecule has 1 heterocycles. The maximum Gasteiger partial charge on any atom is 0.174 e. The lowest BCUT2D eigenvalue weighted by Crippen LogP contribution is -2.26. The Labute approximate surface area is 111 Å². The number of ether oxygens (including phenoxy) is 2. The minimum Gasteiger partial charge on any atom is -0.397 e. The number of ketones is 1. The summed E-state index contributed by atoms with van der Waals surface area (Å²) in [4.78, 5) is 12.2.